The van der Waals surface area contributed by atoms with Crippen LogP contribution in [0.1, 0.15) is 5.56 Å². The van der Waals surface area contributed by atoms with Crippen molar-refractivity contribution in [3.05, 3.63) is 29.8 Å². The third-order valence-electron chi connectivity index (χ3n) is 4.82. The highest BCUT2D eigenvalue weighted by Gasteiger charge is 2.43. The molecule has 2 heterocycles. The standard InChI is InChI=1S/C18H25N3O4/c1-19(2)17(22)11-21-15-9-20(10-16(15)25-12-18(21)23)8-13-4-6-14(24-3)7-5-13/h4-7,15-16H,8-12H2,1-3H3/t15-,16-/m1/s1. The number of fused-ring (bicyclic) bond motifs is 1. The number of hydrogen-bond donors (Lipinski definition) is 0. The molecule has 136 valence electrons. The van der Waals surface area contributed by atoms with Crippen LogP contribution in [-0.2, 0) is 20.9 Å². The van der Waals surface area contributed by atoms with Crippen LogP contribution in [-0.4, -0.2) is 86.1 Å². The summed E-state index contributed by atoms with van der Waals surface area (Å²) in [6, 6.07) is 7.91. The minimum absolute atomic E-state index is 0.0362. The first-order valence-electron chi connectivity index (χ1n) is 8.44. The van der Waals surface area contributed by atoms with Gasteiger partial charge in [-0.3, -0.25) is 14.5 Å². The van der Waals surface area contributed by atoms with Gasteiger partial charge in [0, 0.05) is 33.7 Å². The van der Waals surface area contributed by atoms with Crippen molar-refractivity contribution in [1.29, 1.82) is 0 Å². The highest BCUT2D eigenvalue weighted by molar-refractivity contribution is 5.86. The number of benzene rings is 1. The maximum absolute atomic E-state index is 12.2. The van der Waals surface area contributed by atoms with Crippen LogP contribution in [0.5, 0.6) is 5.75 Å². The Morgan fingerprint density at radius 1 is 1.28 bits per heavy atom. The lowest BCUT2D eigenvalue weighted by atomic mass is 10.1. The number of methoxy groups -OCH3 is 1. The van der Waals surface area contributed by atoms with Gasteiger partial charge in [-0.2, -0.15) is 0 Å². The maximum atomic E-state index is 12.2. The Bertz CT molecular complexity index is 632. The highest BCUT2D eigenvalue weighted by Crippen LogP contribution is 2.25. The average Bonchev–Trinajstić information content (AvgIpc) is 3.00. The minimum atomic E-state index is -0.109. The molecule has 0 saturated carbocycles. The van der Waals surface area contributed by atoms with Crippen molar-refractivity contribution in [3.8, 4) is 5.75 Å². The third kappa shape index (κ3) is 3.93. The van der Waals surface area contributed by atoms with E-state index in [2.05, 4.69) is 4.90 Å². The average molecular weight is 347 g/mol. The summed E-state index contributed by atoms with van der Waals surface area (Å²) in [6.45, 7) is 2.43. The molecule has 7 heteroatoms. The normalized spacial score (nSPS) is 23.5. The van der Waals surface area contributed by atoms with Crippen LogP contribution in [0.25, 0.3) is 0 Å². The van der Waals surface area contributed by atoms with Gasteiger partial charge < -0.3 is 19.3 Å². The fraction of sp³-hybridized carbons (Fsp3) is 0.556. The molecular formula is C18H25N3O4. The summed E-state index contributed by atoms with van der Waals surface area (Å²) in [4.78, 5) is 29.7. The van der Waals surface area contributed by atoms with E-state index >= 15 is 0 Å². The number of likely N-dealkylation sites (tertiary alicyclic amines) is 1. The summed E-state index contributed by atoms with van der Waals surface area (Å²) in [6.07, 6.45) is -0.0362. The zero-order chi connectivity index (χ0) is 18.0. The smallest absolute Gasteiger partial charge is 0.249 e. The largest absolute Gasteiger partial charge is 0.497 e. The van der Waals surface area contributed by atoms with E-state index in [4.69, 9.17) is 9.47 Å². The van der Waals surface area contributed by atoms with E-state index in [-0.39, 0.29) is 37.1 Å². The summed E-state index contributed by atoms with van der Waals surface area (Å²) in [7, 11) is 5.06. The van der Waals surface area contributed by atoms with Gasteiger partial charge in [-0.15, -0.1) is 0 Å². The maximum Gasteiger partial charge on any atom is 0.249 e. The molecule has 0 radical (unpaired) electrons. The number of morpholine rings is 1. The molecule has 2 fully saturated rings. The van der Waals surface area contributed by atoms with Crippen LogP contribution in [0.4, 0.5) is 0 Å². The number of likely N-dealkylation sites (N-methyl/N-ethyl adjacent to an activating group) is 1. The van der Waals surface area contributed by atoms with Crippen molar-refractivity contribution in [3.63, 3.8) is 0 Å². The molecule has 0 aromatic heterocycles. The van der Waals surface area contributed by atoms with Crippen LogP contribution in [0, 0.1) is 0 Å². The van der Waals surface area contributed by atoms with Gasteiger partial charge in [0.05, 0.1) is 19.3 Å². The summed E-state index contributed by atoms with van der Waals surface area (Å²) >= 11 is 0. The summed E-state index contributed by atoms with van der Waals surface area (Å²) in [5, 5.41) is 0. The number of amides is 2. The molecule has 0 spiro atoms. The van der Waals surface area contributed by atoms with Gasteiger partial charge in [-0.25, -0.2) is 0 Å². The topological polar surface area (TPSA) is 62.3 Å². The first-order chi connectivity index (χ1) is 12.0. The number of nitrogens with zero attached hydrogens (tertiary/aromatic N) is 3. The van der Waals surface area contributed by atoms with E-state index in [9.17, 15) is 9.59 Å². The monoisotopic (exact) mass is 347 g/mol. The first-order valence-corrected chi connectivity index (χ1v) is 8.44. The highest BCUT2D eigenvalue weighted by atomic mass is 16.5. The van der Waals surface area contributed by atoms with Crippen molar-refractivity contribution in [2.24, 2.45) is 0 Å². The second-order valence-corrected chi connectivity index (χ2v) is 6.77. The van der Waals surface area contributed by atoms with Crippen LogP contribution < -0.4 is 4.74 Å². The van der Waals surface area contributed by atoms with E-state index in [1.807, 2.05) is 24.3 Å². The van der Waals surface area contributed by atoms with E-state index in [0.29, 0.717) is 6.54 Å². The lowest BCUT2D eigenvalue weighted by molar-refractivity contribution is -0.156. The SMILES string of the molecule is COc1ccc(CN2C[C@@H]3[C@@H](C2)OCC(=O)N3CC(=O)N(C)C)cc1. The van der Waals surface area contributed by atoms with Gasteiger partial charge in [0.1, 0.15) is 18.9 Å². The zero-order valence-electron chi connectivity index (χ0n) is 15.0. The molecule has 2 saturated heterocycles. The fourth-order valence-electron chi connectivity index (χ4n) is 3.35. The molecule has 1 aromatic rings. The molecule has 3 rings (SSSR count). The van der Waals surface area contributed by atoms with Crippen LogP contribution >= 0.6 is 0 Å². The summed E-state index contributed by atoms with van der Waals surface area (Å²) in [5.74, 6) is 0.659. The number of ether oxygens (including phenoxy) is 2. The van der Waals surface area contributed by atoms with Crippen molar-refractivity contribution >= 4 is 11.8 Å². The van der Waals surface area contributed by atoms with Crippen molar-refractivity contribution in [2.75, 3.05) is 47.4 Å². The van der Waals surface area contributed by atoms with Gasteiger partial charge in [0.25, 0.3) is 0 Å². The Morgan fingerprint density at radius 2 is 2.00 bits per heavy atom. The lowest BCUT2D eigenvalue weighted by Crippen LogP contribution is -2.56. The first kappa shape index (κ1) is 17.7. The Hall–Kier alpha value is -2.12. The third-order valence-corrected chi connectivity index (χ3v) is 4.82. The number of carbonyl (C=O) groups is 2. The zero-order valence-corrected chi connectivity index (χ0v) is 15.0. The molecule has 1 aromatic carbocycles. The fourth-order valence-corrected chi connectivity index (χ4v) is 3.35. The molecule has 2 atom stereocenters. The predicted octanol–water partition coefficient (Wildman–Crippen LogP) is 0.195. The van der Waals surface area contributed by atoms with Crippen LogP contribution in [0.15, 0.2) is 24.3 Å². The van der Waals surface area contributed by atoms with Gasteiger partial charge in [0.2, 0.25) is 11.8 Å². The quantitative estimate of drug-likeness (QED) is 0.761. The minimum Gasteiger partial charge on any atom is -0.497 e. The number of rotatable bonds is 5. The van der Waals surface area contributed by atoms with Crippen molar-refractivity contribution in [1.82, 2.24) is 14.7 Å². The number of carbonyl (C=O) groups excluding carboxylic acids is 2. The molecule has 7 nitrogen and oxygen atoms in total. The Balaban J connectivity index is 1.65. The molecule has 0 bridgehead atoms. The van der Waals surface area contributed by atoms with Gasteiger partial charge in [-0.05, 0) is 17.7 Å². The Kier molecular flexibility index (Phi) is 5.24. The van der Waals surface area contributed by atoms with Crippen molar-refractivity contribution < 1.29 is 19.1 Å². The summed E-state index contributed by atoms with van der Waals surface area (Å²) < 4.78 is 10.9. The van der Waals surface area contributed by atoms with Gasteiger partial charge in [-0.1, -0.05) is 12.1 Å². The summed E-state index contributed by atoms with van der Waals surface area (Å²) in [5.41, 5.74) is 1.18. The molecule has 0 N–H and O–H groups in total. The Labute approximate surface area is 148 Å². The predicted molar refractivity (Wildman–Crippen MR) is 92.2 cm³/mol. The van der Waals surface area contributed by atoms with Crippen LogP contribution in [0.2, 0.25) is 0 Å². The van der Waals surface area contributed by atoms with Crippen LogP contribution in [0.3, 0.4) is 0 Å². The molecule has 2 amide bonds. The molecule has 25 heavy (non-hydrogen) atoms. The Morgan fingerprint density at radius 3 is 2.64 bits per heavy atom. The second kappa shape index (κ2) is 7.41. The van der Waals surface area contributed by atoms with Crippen molar-refractivity contribution in [2.45, 2.75) is 18.7 Å². The lowest BCUT2D eigenvalue weighted by Gasteiger charge is -2.36. The molecule has 0 aliphatic carbocycles. The number of hydrogen-bond acceptors (Lipinski definition) is 5. The van der Waals surface area contributed by atoms with E-state index in [1.54, 1.807) is 26.1 Å². The second-order valence-electron chi connectivity index (χ2n) is 6.77. The van der Waals surface area contributed by atoms with E-state index < -0.39 is 0 Å². The van der Waals surface area contributed by atoms with Gasteiger partial charge in [0.15, 0.2) is 0 Å². The molecule has 2 aliphatic heterocycles. The molecule has 0 unspecified atom stereocenters. The molecular weight excluding hydrogens is 322 g/mol. The van der Waals surface area contributed by atoms with E-state index in [1.165, 1.54) is 10.5 Å². The van der Waals surface area contributed by atoms with Gasteiger partial charge >= 0.3 is 0 Å². The van der Waals surface area contributed by atoms with E-state index in [0.717, 1.165) is 18.8 Å². The molecule has 2 aliphatic rings.